The van der Waals surface area contributed by atoms with Gasteiger partial charge in [-0.3, -0.25) is 0 Å². The molecule has 0 bridgehead atoms. The summed E-state index contributed by atoms with van der Waals surface area (Å²) >= 11 is 0. The Hall–Kier alpha value is -1.36. The van der Waals surface area contributed by atoms with Gasteiger partial charge in [0.1, 0.15) is 17.5 Å². The molecule has 0 spiro atoms. The first-order chi connectivity index (χ1) is 8.52. The number of aromatic nitrogens is 2. The Morgan fingerprint density at radius 1 is 1.28 bits per heavy atom. The summed E-state index contributed by atoms with van der Waals surface area (Å²) in [6, 6.07) is 0.623. The Labute approximate surface area is 109 Å². The van der Waals surface area contributed by atoms with E-state index in [1.165, 1.54) is 6.42 Å². The SMILES string of the molecule is CNc1nc(C)nc(N2CCC(N(C)C)C2)c1C. The van der Waals surface area contributed by atoms with Gasteiger partial charge in [0.05, 0.1) is 0 Å². The minimum Gasteiger partial charge on any atom is -0.373 e. The van der Waals surface area contributed by atoms with Crippen molar-refractivity contribution in [2.45, 2.75) is 26.3 Å². The van der Waals surface area contributed by atoms with Crippen molar-refractivity contribution in [3.05, 3.63) is 11.4 Å². The molecule has 1 aromatic rings. The van der Waals surface area contributed by atoms with Gasteiger partial charge < -0.3 is 15.1 Å². The number of rotatable bonds is 3. The topological polar surface area (TPSA) is 44.3 Å². The molecule has 5 heteroatoms. The highest BCUT2D eigenvalue weighted by molar-refractivity contribution is 5.59. The number of anilines is 2. The Bertz CT molecular complexity index is 430. The smallest absolute Gasteiger partial charge is 0.137 e. The lowest BCUT2D eigenvalue weighted by molar-refractivity contribution is 0.315. The van der Waals surface area contributed by atoms with Gasteiger partial charge in [-0.25, -0.2) is 9.97 Å². The van der Waals surface area contributed by atoms with E-state index in [2.05, 4.69) is 46.1 Å². The molecule has 1 fully saturated rings. The van der Waals surface area contributed by atoms with Crippen LogP contribution in [0.2, 0.25) is 0 Å². The van der Waals surface area contributed by atoms with Crippen LogP contribution in [0.4, 0.5) is 11.6 Å². The van der Waals surface area contributed by atoms with E-state index in [0.29, 0.717) is 6.04 Å². The highest BCUT2D eigenvalue weighted by atomic mass is 15.3. The zero-order valence-electron chi connectivity index (χ0n) is 12.0. The van der Waals surface area contributed by atoms with Crippen LogP contribution in [0.25, 0.3) is 0 Å². The summed E-state index contributed by atoms with van der Waals surface area (Å²) in [5, 5.41) is 3.15. The van der Waals surface area contributed by atoms with Crippen molar-refractivity contribution < 1.29 is 0 Å². The average molecular weight is 249 g/mol. The summed E-state index contributed by atoms with van der Waals surface area (Å²) in [6.45, 7) is 6.16. The summed E-state index contributed by atoms with van der Waals surface area (Å²) in [5.74, 6) is 2.84. The van der Waals surface area contributed by atoms with Crippen molar-refractivity contribution >= 4 is 11.6 Å². The molecule has 1 saturated heterocycles. The normalized spacial score (nSPS) is 19.7. The first-order valence-electron chi connectivity index (χ1n) is 6.47. The van der Waals surface area contributed by atoms with Gasteiger partial charge in [-0.1, -0.05) is 0 Å². The van der Waals surface area contributed by atoms with Crippen molar-refractivity contribution in [1.82, 2.24) is 14.9 Å². The van der Waals surface area contributed by atoms with Gasteiger partial charge in [-0.15, -0.1) is 0 Å². The van der Waals surface area contributed by atoms with Crippen LogP contribution < -0.4 is 10.2 Å². The molecule has 2 rings (SSSR count). The van der Waals surface area contributed by atoms with Crippen LogP contribution in [0.3, 0.4) is 0 Å². The van der Waals surface area contributed by atoms with E-state index in [9.17, 15) is 0 Å². The fraction of sp³-hybridized carbons (Fsp3) is 0.692. The second-order valence-corrected chi connectivity index (χ2v) is 5.17. The van der Waals surface area contributed by atoms with Crippen molar-refractivity contribution in [1.29, 1.82) is 0 Å². The van der Waals surface area contributed by atoms with Gasteiger partial charge in [0.2, 0.25) is 0 Å². The summed E-state index contributed by atoms with van der Waals surface area (Å²) < 4.78 is 0. The fourth-order valence-corrected chi connectivity index (χ4v) is 2.52. The maximum atomic E-state index is 4.61. The first kappa shape index (κ1) is 13.1. The van der Waals surface area contributed by atoms with Gasteiger partial charge in [0.25, 0.3) is 0 Å². The summed E-state index contributed by atoms with van der Waals surface area (Å²) in [7, 11) is 6.20. The molecule has 1 N–H and O–H groups in total. The molecule has 0 amide bonds. The molecule has 2 heterocycles. The maximum absolute atomic E-state index is 4.61. The molecule has 0 radical (unpaired) electrons. The molecule has 1 aliphatic rings. The predicted octanol–water partition coefficient (Wildman–Crippen LogP) is 1.28. The molecule has 1 aromatic heterocycles. The summed E-state index contributed by atoms with van der Waals surface area (Å²) in [4.78, 5) is 13.7. The molecule has 1 unspecified atom stereocenters. The van der Waals surface area contributed by atoms with Crippen LogP contribution in [-0.2, 0) is 0 Å². The molecule has 100 valence electrons. The zero-order valence-corrected chi connectivity index (χ0v) is 12.0. The molecule has 18 heavy (non-hydrogen) atoms. The van der Waals surface area contributed by atoms with Gasteiger partial charge >= 0.3 is 0 Å². The van der Waals surface area contributed by atoms with E-state index in [1.54, 1.807) is 0 Å². The van der Waals surface area contributed by atoms with Gasteiger partial charge in [-0.2, -0.15) is 0 Å². The average Bonchev–Trinajstić information content (AvgIpc) is 2.81. The zero-order chi connectivity index (χ0) is 13.3. The summed E-state index contributed by atoms with van der Waals surface area (Å²) in [6.07, 6.45) is 1.20. The Morgan fingerprint density at radius 2 is 2.00 bits per heavy atom. The van der Waals surface area contributed by atoms with E-state index in [-0.39, 0.29) is 0 Å². The van der Waals surface area contributed by atoms with E-state index >= 15 is 0 Å². The number of aryl methyl sites for hydroxylation is 1. The van der Waals surface area contributed by atoms with Crippen LogP contribution in [0.15, 0.2) is 0 Å². The van der Waals surface area contributed by atoms with Crippen molar-refractivity contribution in [2.24, 2.45) is 0 Å². The highest BCUT2D eigenvalue weighted by Crippen LogP contribution is 2.27. The van der Waals surface area contributed by atoms with E-state index in [4.69, 9.17) is 0 Å². The monoisotopic (exact) mass is 249 g/mol. The molecule has 1 aliphatic heterocycles. The van der Waals surface area contributed by atoms with Crippen LogP contribution in [0, 0.1) is 13.8 Å². The van der Waals surface area contributed by atoms with Crippen LogP contribution in [0.5, 0.6) is 0 Å². The number of nitrogens with zero attached hydrogens (tertiary/aromatic N) is 4. The van der Waals surface area contributed by atoms with Gasteiger partial charge in [0.15, 0.2) is 0 Å². The first-order valence-corrected chi connectivity index (χ1v) is 6.47. The van der Waals surface area contributed by atoms with Crippen molar-refractivity contribution in [3.63, 3.8) is 0 Å². The molecule has 0 aliphatic carbocycles. The van der Waals surface area contributed by atoms with Crippen molar-refractivity contribution in [2.75, 3.05) is 44.4 Å². The lowest BCUT2D eigenvalue weighted by Gasteiger charge is -2.23. The third-order valence-corrected chi connectivity index (χ3v) is 3.66. The lowest BCUT2D eigenvalue weighted by Crippen LogP contribution is -2.32. The number of nitrogens with one attached hydrogen (secondary N) is 1. The third-order valence-electron chi connectivity index (χ3n) is 3.66. The van der Waals surface area contributed by atoms with Crippen LogP contribution in [0.1, 0.15) is 17.8 Å². The summed E-state index contributed by atoms with van der Waals surface area (Å²) in [5.41, 5.74) is 1.14. The quantitative estimate of drug-likeness (QED) is 0.874. The molecule has 1 atom stereocenters. The van der Waals surface area contributed by atoms with Gasteiger partial charge in [-0.05, 0) is 34.4 Å². The minimum atomic E-state index is 0.623. The molecular formula is C13H23N5. The fourth-order valence-electron chi connectivity index (χ4n) is 2.52. The second kappa shape index (κ2) is 5.10. The largest absolute Gasteiger partial charge is 0.373 e. The number of hydrogen-bond donors (Lipinski definition) is 1. The van der Waals surface area contributed by atoms with Crippen molar-refractivity contribution in [3.8, 4) is 0 Å². The predicted molar refractivity (Wildman–Crippen MR) is 75.4 cm³/mol. The molecule has 0 saturated carbocycles. The third kappa shape index (κ3) is 2.41. The standard InChI is InChI=1S/C13H23N5/c1-9-12(14-3)15-10(2)16-13(9)18-7-6-11(8-18)17(4)5/h11H,6-8H2,1-5H3,(H,14,15,16). The Kier molecular flexibility index (Phi) is 3.71. The van der Waals surface area contributed by atoms with E-state index in [1.807, 2.05) is 14.0 Å². The van der Waals surface area contributed by atoms with Crippen LogP contribution in [-0.4, -0.2) is 55.1 Å². The number of hydrogen-bond acceptors (Lipinski definition) is 5. The molecular weight excluding hydrogens is 226 g/mol. The van der Waals surface area contributed by atoms with E-state index in [0.717, 1.165) is 36.1 Å². The maximum Gasteiger partial charge on any atom is 0.137 e. The minimum absolute atomic E-state index is 0.623. The van der Waals surface area contributed by atoms with E-state index < -0.39 is 0 Å². The highest BCUT2D eigenvalue weighted by Gasteiger charge is 2.26. The van der Waals surface area contributed by atoms with Crippen LogP contribution >= 0.6 is 0 Å². The Morgan fingerprint density at radius 3 is 2.56 bits per heavy atom. The lowest BCUT2D eigenvalue weighted by atomic mass is 10.2. The van der Waals surface area contributed by atoms with Gasteiger partial charge in [0, 0.05) is 31.7 Å². The second-order valence-electron chi connectivity index (χ2n) is 5.17. The number of likely N-dealkylation sites (N-methyl/N-ethyl adjacent to an activating group) is 1. The molecule has 0 aromatic carbocycles. The Balaban J connectivity index is 2.26. The molecule has 5 nitrogen and oxygen atoms in total.